The Labute approximate surface area is 65.8 Å². The molecule has 0 radical (unpaired) electrons. The summed E-state index contributed by atoms with van der Waals surface area (Å²) in [5, 5.41) is 2.96. The van der Waals surface area contributed by atoms with Gasteiger partial charge >= 0.3 is 0 Å². The monoisotopic (exact) mass is 173 g/mol. The van der Waals surface area contributed by atoms with Crippen LogP contribution in [0.2, 0.25) is 0 Å². The Kier molecular flexibility index (Phi) is 2.15. The van der Waals surface area contributed by atoms with E-state index in [1.54, 1.807) is 7.05 Å². The largest absolute Gasteiger partial charge is 0.445 e. The van der Waals surface area contributed by atoms with Gasteiger partial charge in [0.1, 0.15) is 0 Å². The van der Waals surface area contributed by atoms with Crippen LogP contribution in [0.1, 0.15) is 0 Å². The summed E-state index contributed by atoms with van der Waals surface area (Å²) in [6.07, 6.45) is 5.96. The van der Waals surface area contributed by atoms with Gasteiger partial charge in [0, 0.05) is 6.16 Å². The smallest absolute Gasteiger partial charge is 0.183 e. The Bertz CT molecular complexity index is 253. The highest BCUT2D eigenvalue weighted by Gasteiger charge is 2.21. The summed E-state index contributed by atoms with van der Waals surface area (Å²) in [5.74, 6) is 2.99. The Hall–Kier alpha value is -0.290. The van der Waals surface area contributed by atoms with Crippen LogP contribution in [0, 0.1) is 12.3 Å². The lowest BCUT2D eigenvalue weighted by Gasteiger charge is -2.13. The van der Waals surface area contributed by atoms with Crippen molar-refractivity contribution in [2.75, 3.05) is 13.2 Å². The van der Waals surface area contributed by atoms with Crippen LogP contribution in [0.4, 0.5) is 0 Å². The lowest BCUT2D eigenvalue weighted by Crippen LogP contribution is -2.02. The molecule has 1 aliphatic rings. The molecule has 1 atom stereocenters. The van der Waals surface area contributed by atoms with Crippen molar-refractivity contribution in [3.63, 3.8) is 0 Å². The van der Waals surface area contributed by atoms with Gasteiger partial charge in [-0.05, 0) is 30.9 Å². The molecular formula is C6H8NOPS. The molecule has 54 valence electrons. The first-order valence-corrected chi connectivity index (χ1v) is 5.75. The van der Waals surface area contributed by atoms with E-state index in [4.69, 9.17) is 22.8 Å². The molecule has 2 nitrogen and oxygen atoms in total. The molecule has 0 fully saturated rings. The minimum absolute atomic E-state index is 0.581. The minimum atomic E-state index is -1.78. The zero-order valence-electron chi connectivity index (χ0n) is 5.63. The van der Waals surface area contributed by atoms with Crippen LogP contribution in [-0.2, 0) is 16.3 Å². The van der Waals surface area contributed by atoms with E-state index in [0.717, 1.165) is 6.16 Å². The standard InChI is InChI=1S/C6H8NOPS/c1-3-6-4-5-9(10,7-2)8-6/h1,4H,5H2,2H3,(H,7,10). The maximum absolute atomic E-state index is 5.29. The van der Waals surface area contributed by atoms with Gasteiger partial charge in [-0.25, -0.2) is 0 Å². The van der Waals surface area contributed by atoms with Crippen molar-refractivity contribution in [2.45, 2.75) is 0 Å². The van der Waals surface area contributed by atoms with Gasteiger partial charge in [0.2, 0.25) is 0 Å². The third-order valence-electron chi connectivity index (χ3n) is 1.25. The summed E-state index contributed by atoms with van der Waals surface area (Å²) < 4.78 is 5.29. The highest BCUT2D eigenvalue weighted by atomic mass is 32.4. The number of rotatable bonds is 1. The molecular weight excluding hydrogens is 165 g/mol. The summed E-state index contributed by atoms with van der Waals surface area (Å²) in [6, 6.07) is 0. The van der Waals surface area contributed by atoms with E-state index >= 15 is 0 Å². The molecule has 0 aromatic carbocycles. The molecule has 0 aliphatic carbocycles. The molecule has 0 bridgehead atoms. The zero-order chi connectivity index (χ0) is 7.61. The maximum atomic E-state index is 5.29. The van der Waals surface area contributed by atoms with Crippen molar-refractivity contribution in [3.8, 4) is 12.3 Å². The van der Waals surface area contributed by atoms with E-state index in [0.29, 0.717) is 5.76 Å². The number of terminal acetylenes is 1. The molecule has 0 aromatic rings. The fourth-order valence-electron chi connectivity index (χ4n) is 0.659. The average molecular weight is 173 g/mol. The summed E-state index contributed by atoms with van der Waals surface area (Å²) in [6.45, 7) is 0. The first kappa shape index (κ1) is 7.81. The summed E-state index contributed by atoms with van der Waals surface area (Å²) >= 11 is 5.14. The average Bonchev–Trinajstić information content (AvgIpc) is 2.33. The molecule has 1 aliphatic heterocycles. The molecule has 0 saturated carbocycles. The van der Waals surface area contributed by atoms with Gasteiger partial charge in [0.15, 0.2) is 12.2 Å². The van der Waals surface area contributed by atoms with Gasteiger partial charge in [0.05, 0.1) is 0 Å². The van der Waals surface area contributed by atoms with Gasteiger partial charge < -0.3 is 4.52 Å². The topological polar surface area (TPSA) is 21.3 Å². The van der Waals surface area contributed by atoms with E-state index < -0.39 is 6.42 Å². The third kappa shape index (κ3) is 1.41. The van der Waals surface area contributed by atoms with Crippen molar-refractivity contribution in [1.29, 1.82) is 0 Å². The fourth-order valence-corrected chi connectivity index (χ4v) is 2.32. The van der Waals surface area contributed by atoms with E-state index in [1.165, 1.54) is 0 Å². The number of nitrogens with one attached hydrogen (secondary N) is 1. The van der Waals surface area contributed by atoms with Crippen LogP contribution in [0.3, 0.4) is 0 Å². The van der Waals surface area contributed by atoms with Gasteiger partial charge in [-0.3, -0.25) is 5.09 Å². The molecule has 1 N–H and O–H groups in total. The van der Waals surface area contributed by atoms with E-state index in [9.17, 15) is 0 Å². The van der Waals surface area contributed by atoms with Crippen LogP contribution < -0.4 is 5.09 Å². The summed E-state index contributed by atoms with van der Waals surface area (Å²) in [4.78, 5) is 0. The van der Waals surface area contributed by atoms with Crippen LogP contribution in [-0.4, -0.2) is 13.2 Å². The predicted octanol–water partition coefficient (Wildman–Crippen LogP) is 1.06. The van der Waals surface area contributed by atoms with Gasteiger partial charge in [-0.1, -0.05) is 0 Å². The molecule has 1 unspecified atom stereocenters. The first-order chi connectivity index (χ1) is 4.70. The number of hydrogen-bond donors (Lipinski definition) is 1. The van der Waals surface area contributed by atoms with E-state index in [-0.39, 0.29) is 0 Å². The number of allylic oxidation sites excluding steroid dienone is 2. The molecule has 4 heteroatoms. The SMILES string of the molecule is C#CC1=CCP(=S)(NC)O1. The van der Waals surface area contributed by atoms with Crippen molar-refractivity contribution < 1.29 is 4.52 Å². The van der Waals surface area contributed by atoms with Gasteiger partial charge in [-0.15, -0.1) is 6.42 Å². The summed E-state index contributed by atoms with van der Waals surface area (Å²) in [7, 11) is 1.80. The first-order valence-electron chi connectivity index (χ1n) is 2.84. The Morgan fingerprint density at radius 1 is 2.00 bits per heavy atom. The lowest BCUT2D eigenvalue weighted by atomic mass is 10.5. The molecule has 1 heterocycles. The van der Waals surface area contributed by atoms with Crippen molar-refractivity contribution in [2.24, 2.45) is 0 Å². The normalized spacial score (nSPS) is 30.6. The van der Waals surface area contributed by atoms with Crippen LogP contribution in [0.25, 0.3) is 0 Å². The second kappa shape index (κ2) is 2.75. The quantitative estimate of drug-likeness (QED) is 0.473. The Balaban J connectivity index is 2.70. The van der Waals surface area contributed by atoms with Crippen LogP contribution in [0.5, 0.6) is 0 Å². The second-order valence-corrected chi connectivity index (χ2v) is 5.99. The molecule has 10 heavy (non-hydrogen) atoms. The lowest BCUT2D eigenvalue weighted by molar-refractivity contribution is 0.506. The van der Waals surface area contributed by atoms with E-state index in [1.807, 2.05) is 6.08 Å². The fraction of sp³-hybridized carbons (Fsp3) is 0.333. The highest BCUT2D eigenvalue weighted by Crippen LogP contribution is 2.48. The van der Waals surface area contributed by atoms with E-state index in [2.05, 4.69) is 11.0 Å². The molecule has 1 rings (SSSR count). The predicted molar refractivity (Wildman–Crippen MR) is 46.2 cm³/mol. The highest BCUT2D eigenvalue weighted by molar-refractivity contribution is 8.11. The zero-order valence-corrected chi connectivity index (χ0v) is 7.34. The van der Waals surface area contributed by atoms with Crippen molar-refractivity contribution in [1.82, 2.24) is 5.09 Å². The Morgan fingerprint density at radius 3 is 3.00 bits per heavy atom. The van der Waals surface area contributed by atoms with Crippen molar-refractivity contribution in [3.05, 3.63) is 11.8 Å². The van der Waals surface area contributed by atoms with Gasteiger partial charge in [-0.2, -0.15) is 0 Å². The molecule has 0 saturated heterocycles. The van der Waals surface area contributed by atoms with Gasteiger partial charge in [0.25, 0.3) is 0 Å². The number of hydrogen-bond acceptors (Lipinski definition) is 2. The van der Waals surface area contributed by atoms with Crippen LogP contribution in [0.15, 0.2) is 11.8 Å². The molecule has 0 aromatic heterocycles. The summed E-state index contributed by atoms with van der Waals surface area (Å²) in [5.41, 5.74) is 0. The minimum Gasteiger partial charge on any atom is -0.445 e. The third-order valence-corrected chi connectivity index (χ3v) is 4.30. The maximum Gasteiger partial charge on any atom is 0.183 e. The van der Waals surface area contributed by atoms with Crippen LogP contribution >= 0.6 is 6.42 Å². The molecule has 0 spiro atoms. The second-order valence-electron chi connectivity index (χ2n) is 1.88. The molecule has 0 amide bonds. The van der Waals surface area contributed by atoms with Crippen molar-refractivity contribution >= 4 is 18.2 Å². The Morgan fingerprint density at radius 2 is 2.70 bits per heavy atom.